The minimum absolute atomic E-state index is 0.967. The predicted octanol–water partition coefficient (Wildman–Crippen LogP) is 14.5. The maximum absolute atomic E-state index is 2.50. The van der Waals surface area contributed by atoms with Crippen LogP contribution in [0.15, 0.2) is 0 Å². The molecule has 1 atom stereocenters. The van der Waals surface area contributed by atoms with Gasteiger partial charge in [-0.25, -0.2) is 0 Å². The first-order valence-electron chi connectivity index (χ1n) is 18.3. The van der Waals surface area contributed by atoms with Crippen LogP contribution in [0, 0.1) is 5.92 Å². The smallest absolute Gasteiger partial charge is 0.0443 e. The molecule has 0 heterocycles. The zero-order valence-electron chi connectivity index (χ0n) is 26.9. The largest absolute Gasteiger partial charge is 0.0654 e. The molecule has 0 heteroatoms. The van der Waals surface area contributed by atoms with Crippen molar-refractivity contribution in [3.8, 4) is 0 Å². The summed E-state index contributed by atoms with van der Waals surface area (Å²) in [6.07, 6.45) is 48.7. The average molecular weight is 521 g/mol. The average Bonchev–Trinajstić information content (AvgIpc) is 2.90. The van der Waals surface area contributed by atoms with E-state index in [4.69, 9.17) is 0 Å². The monoisotopic (exact) mass is 521 g/mol. The lowest BCUT2D eigenvalue weighted by molar-refractivity contribution is 0.430. The van der Waals surface area contributed by atoms with E-state index in [2.05, 4.69) is 20.8 Å². The molecule has 0 aromatic rings. The molecule has 1 unspecified atom stereocenters. The maximum atomic E-state index is 2.50. The molecule has 0 radical (unpaired) electrons. The first kappa shape index (κ1) is 37.0. The topological polar surface area (TPSA) is 0 Å². The molecule has 0 aliphatic carbocycles. The van der Waals surface area contributed by atoms with E-state index in [9.17, 15) is 0 Å². The predicted molar refractivity (Wildman–Crippen MR) is 173 cm³/mol. The van der Waals surface area contributed by atoms with Gasteiger partial charge in [-0.2, -0.15) is 0 Å². The summed E-state index contributed by atoms with van der Waals surface area (Å²) >= 11 is 0. The Balaban J connectivity index is 3.11. The molecule has 0 aliphatic rings. The molecule has 0 amide bonds. The molecule has 0 N–H and O–H groups in total. The van der Waals surface area contributed by atoms with Crippen LogP contribution >= 0.6 is 0 Å². The van der Waals surface area contributed by atoms with Gasteiger partial charge in [0.05, 0.1) is 0 Å². The summed E-state index contributed by atoms with van der Waals surface area (Å²) in [5.41, 5.74) is 0. The Bertz CT molecular complexity index is 372. The molecule has 37 heavy (non-hydrogen) atoms. The van der Waals surface area contributed by atoms with Crippen LogP contribution in [0.4, 0.5) is 0 Å². The molecule has 0 saturated heterocycles. The fourth-order valence-corrected chi connectivity index (χ4v) is 6.05. The fraction of sp³-hybridized carbons (Fsp3) is 1.00. The Morgan fingerprint density at radius 1 is 0.243 bits per heavy atom. The summed E-state index contributed by atoms with van der Waals surface area (Å²) in [6, 6.07) is 0. The van der Waals surface area contributed by atoms with Crippen LogP contribution in [-0.2, 0) is 0 Å². The van der Waals surface area contributed by atoms with E-state index in [1.807, 2.05) is 0 Å². The Morgan fingerprint density at radius 2 is 0.405 bits per heavy atom. The first-order valence-corrected chi connectivity index (χ1v) is 18.3. The number of hydrogen-bond donors (Lipinski definition) is 0. The third-order valence-corrected chi connectivity index (χ3v) is 8.85. The standard InChI is InChI=1S/C37H76/c1-4-6-8-10-12-14-15-16-17-18-19-20-21-22-23-24-25-26-28-30-32-34-36-37(3)35-33-31-29-27-13-11-9-7-5-2/h37H,4-36H2,1-3H3. The van der Waals surface area contributed by atoms with E-state index in [1.165, 1.54) is 212 Å². The van der Waals surface area contributed by atoms with Crippen molar-refractivity contribution in [3.05, 3.63) is 0 Å². The van der Waals surface area contributed by atoms with Gasteiger partial charge in [0.15, 0.2) is 0 Å². The van der Waals surface area contributed by atoms with Crippen LogP contribution < -0.4 is 0 Å². The molecule has 0 bridgehead atoms. The molecule has 0 saturated carbocycles. The van der Waals surface area contributed by atoms with Gasteiger partial charge in [0, 0.05) is 0 Å². The van der Waals surface area contributed by atoms with Crippen LogP contribution in [-0.4, -0.2) is 0 Å². The van der Waals surface area contributed by atoms with E-state index in [1.54, 1.807) is 0 Å². The molecule has 0 fully saturated rings. The zero-order chi connectivity index (χ0) is 26.9. The highest BCUT2D eigenvalue weighted by Crippen LogP contribution is 2.19. The zero-order valence-corrected chi connectivity index (χ0v) is 26.9. The van der Waals surface area contributed by atoms with Gasteiger partial charge < -0.3 is 0 Å². The van der Waals surface area contributed by atoms with Gasteiger partial charge in [0.2, 0.25) is 0 Å². The maximum Gasteiger partial charge on any atom is -0.0443 e. The van der Waals surface area contributed by atoms with Gasteiger partial charge >= 0.3 is 0 Å². The van der Waals surface area contributed by atoms with Crippen molar-refractivity contribution in [1.82, 2.24) is 0 Å². The van der Waals surface area contributed by atoms with Gasteiger partial charge in [-0.1, -0.05) is 233 Å². The number of rotatable bonds is 33. The van der Waals surface area contributed by atoms with Crippen molar-refractivity contribution in [2.75, 3.05) is 0 Å². The lowest BCUT2D eigenvalue weighted by Crippen LogP contribution is -1.95. The lowest BCUT2D eigenvalue weighted by atomic mass is 9.95. The Labute approximate surface area is 238 Å². The van der Waals surface area contributed by atoms with Crippen LogP contribution in [0.1, 0.15) is 233 Å². The Hall–Kier alpha value is 0. The highest BCUT2D eigenvalue weighted by atomic mass is 14.1. The van der Waals surface area contributed by atoms with E-state index < -0.39 is 0 Å². The summed E-state index contributed by atoms with van der Waals surface area (Å²) in [6.45, 7) is 7.12. The number of hydrogen-bond acceptors (Lipinski definition) is 0. The van der Waals surface area contributed by atoms with Crippen molar-refractivity contribution in [1.29, 1.82) is 0 Å². The van der Waals surface area contributed by atoms with Gasteiger partial charge in [-0.3, -0.25) is 0 Å². The van der Waals surface area contributed by atoms with E-state index in [0.717, 1.165) is 5.92 Å². The lowest BCUT2D eigenvalue weighted by Gasteiger charge is -2.11. The molecule has 0 nitrogen and oxygen atoms in total. The summed E-state index contributed by atoms with van der Waals surface area (Å²) in [5, 5.41) is 0. The fourth-order valence-electron chi connectivity index (χ4n) is 6.05. The summed E-state index contributed by atoms with van der Waals surface area (Å²) in [7, 11) is 0. The van der Waals surface area contributed by atoms with Crippen molar-refractivity contribution in [2.45, 2.75) is 233 Å². The Morgan fingerprint density at radius 3 is 0.595 bits per heavy atom. The molecular formula is C37H76. The molecule has 0 rings (SSSR count). The summed E-state index contributed by atoms with van der Waals surface area (Å²) in [4.78, 5) is 0. The third kappa shape index (κ3) is 34.0. The normalized spacial score (nSPS) is 12.4. The van der Waals surface area contributed by atoms with Gasteiger partial charge in [-0.05, 0) is 5.92 Å². The molecule has 0 spiro atoms. The van der Waals surface area contributed by atoms with Gasteiger partial charge in [0.25, 0.3) is 0 Å². The SMILES string of the molecule is CCCCCCCCCCCCCCCCCCCCCCCCC(C)CCCCCCCCCCC. The van der Waals surface area contributed by atoms with Crippen molar-refractivity contribution < 1.29 is 0 Å². The third-order valence-electron chi connectivity index (χ3n) is 8.85. The highest BCUT2D eigenvalue weighted by Gasteiger charge is 2.02. The van der Waals surface area contributed by atoms with Crippen molar-refractivity contribution >= 4 is 0 Å². The van der Waals surface area contributed by atoms with E-state index in [-0.39, 0.29) is 0 Å². The molecule has 0 aromatic carbocycles. The van der Waals surface area contributed by atoms with E-state index >= 15 is 0 Å². The second-order valence-corrected chi connectivity index (χ2v) is 12.9. The van der Waals surface area contributed by atoms with Crippen LogP contribution in [0.5, 0.6) is 0 Å². The molecule has 0 aromatic heterocycles. The van der Waals surface area contributed by atoms with Crippen LogP contribution in [0.25, 0.3) is 0 Å². The second-order valence-electron chi connectivity index (χ2n) is 12.9. The van der Waals surface area contributed by atoms with Crippen molar-refractivity contribution in [2.24, 2.45) is 5.92 Å². The highest BCUT2D eigenvalue weighted by molar-refractivity contribution is 4.56. The summed E-state index contributed by atoms with van der Waals surface area (Å²) < 4.78 is 0. The number of unbranched alkanes of at least 4 members (excludes halogenated alkanes) is 29. The van der Waals surface area contributed by atoms with Crippen LogP contribution in [0.3, 0.4) is 0 Å². The van der Waals surface area contributed by atoms with Crippen molar-refractivity contribution in [3.63, 3.8) is 0 Å². The molecule has 224 valence electrons. The first-order chi connectivity index (χ1) is 18.3. The van der Waals surface area contributed by atoms with Gasteiger partial charge in [-0.15, -0.1) is 0 Å². The molecular weight excluding hydrogens is 444 g/mol. The molecule has 0 aliphatic heterocycles. The minimum atomic E-state index is 0.967. The Kier molecular flexibility index (Phi) is 34.0. The minimum Gasteiger partial charge on any atom is -0.0654 e. The van der Waals surface area contributed by atoms with Gasteiger partial charge in [0.1, 0.15) is 0 Å². The van der Waals surface area contributed by atoms with E-state index in [0.29, 0.717) is 0 Å². The summed E-state index contributed by atoms with van der Waals surface area (Å²) in [5.74, 6) is 0.967. The quantitative estimate of drug-likeness (QED) is 0.0754. The second kappa shape index (κ2) is 34.0. The van der Waals surface area contributed by atoms with Crippen LogP contribution in [0.2, 0.25) is 0 Å².